The smallest absolute Gasteiger partial charge is 0.292 e. The third-order valence-electron chi connectivity index (χ3n) is 3.53. The highest BCUT2D eigenvalue weighted by Gasteiger charge is 2.16. The Morgan fingerprint density at radius 2 is 2.00 bits per heavy atom. The van der Waals surface area contributed by atoms with E-state index in [1.165, 1.54) is 36.7 Å². The van der Waals surface area contributed by atoms with Gasteiger partial charge in [0.1, 0.15) is 12.2 Å². The number of nitro benzene ring substituents is 1. The lowest BCUT2D eigenvalue weighted by atomic mass is 10.2. The summed E-state index contributed by atoms with van der Waals surface area (Å²) in [5.74, 6) is -0.615. The van der Waals surface area contributed by atoms with Crippen molar-refractivity contribution < 1.29 is 9.72 Å². The van der Waals surface area contributed by atoms with Crippen LogP contribution in [0.3, 0.4) is 0 Å². The fourth-order valence-electron chi connectivity index (χ4n) is 2.39. The second-order valence-electron chi connectivity index (χ2n) is 5.28. The summed E-state index contributed by atoms with van der Waals surface area (Å²) in [6.45, 7) is -0.377. The number of hydrogen-bond donors (Lipinski definition) is 1. The molecule has 0 aliphatic carbocycles. The summed E-state index contributed by atoms with van der Waals surface area (Å²) in [6, 6.07) is 8.58. The molecule has 1 heterocycles. The van der Waals surface area contributed by atoms with Gasteiger partial charge in [-0.25, -0.2) is 4.98 Å². The van der Waals surface area contributed by atoms with Crippen molar-refractivity contribution in [2.75, 3.05) is 5.32 Å². The fraction of sp³-hybridized carbons (Fsp3) is 0.0625. The monoisotopic (exact) mass is 392 g/mol. The van der Waals surface area contributed by atoms with Crippen LogP contribution in [0.4, 0.5) is 11.4 Å². The van der Waals surface area contributed by atoms with E-state index in [1.807, 2.05) is 0 Å². The van der Waals surface area contributed by atoms with Crippen molar-refractivity contribution in [3.05, 3.63) is 73.2 Å². The highest BCUT2D eigenvalue weighted by Crippen LogP contribution is 2.24. The molecule has 1 amide bonds. The number of nitrogens with one attached hydrogen (secondary N) is 1. The van der Waals surface area contributed by atoms with Crippen LogP contribution in [0.5, 0.6) is 0 Å². The first kappa shape index (κ1) is 17.8. The van der Waals surface area contributed by atoms with E-state index >= 15 is 0 Å². The van der Waals surface area contributed by atoms with Crippen molar-refractivity contribution in [3.63, 3.8) is 0 Å². The second-order valence-corrected chi connectivity index (χ2v) is 6.13. The molecule has 10 heteroatoms. The van der Waals surface area contributed by atoms with Crippen molar-refractivity contribution in [1.82, 2.24) is 9.55 Å². The molecule has 132 valence electrons. The largest absolute Gasteiger partial charge is 0.319 e. The van der Waals surface area contributed by atoms with Crippen LogP contribution in [0.25, 0.3) is 10.9 Å². The maximum Gasteiger partial charge on any atom is 0.292 e. The molecule has 3 rings (SSSR count). The number of benzene rings is 2. The van der Waals surface area contributed by atoms with E-state index in [1.54, 1.807) is 6.07 Å². The Morgan fingerprint density at radius 1 is 1.27 bits per heavy atom. The van der Waals surface area contributed by atoms with Crippen LogP contribution in [-0.2, 0) is 11.3 Å². The van der Waals surface area contributed by atoms with Gasteiger partial charge in [0, 0.05) is 11.1 Å². The minimum Gasteiger partial charge on any atom is -0.319 e. The van der Waals surface area contributed by atoms with Crippen LogP contribution in [0.15, 0.2) is 47.5 Å². The Hall–Kier alpha value is -2.97. The average Bonchev–Trinajstić information content (AvgIpc) is 2.58. The molecule has 2 aromatic carbocycles. The van der Waals surface area contributed by atoms with Crippen LogP contribution in [0.1, 0.15) is 0 Å². The van der Waals surface area contributed by atoms with Gasteiger partial charge in [0.05, 0.1) is 27.2 Å². The van der Waals surface area contributed by atoms with Gasteiger partial charge in [-0.3, -0.25) is 24.3 Å². The van der Waals surface area contributed by atoms with Gasteiger partial charge >= 0.3 is 0 Å². The van der Waals surface area contributed by atoms with Crippen LogP contribution in [0, 0.1) is 10.1 Å². The Morgan fingerprint density at radius 3 is 2.73 bits per heavy atom. The zero-order valence-corrected chi connectivity index (χ0v) is 14.5. The number of para-hydroxylation sites is 2. The number of nitro groups is 1. The first-order chi connectivity index (χ1) is 12.4. The number of anilines is 1. The first-order valence-electron chi connectivity index (χ1n) is 7.24. The Kier molecular flexibility index (Phi) is 4.88. The number of aromatic nitrogens is 2. The van der Waals surface area contributed by atoms with Gasteiger partial charge in [-0.05, 0) is 18.2 Å². The maximum atomic E-state index is 12.5. The molecule has 0 saturated carbocycles. The third-order valence-corrected chi connectivity index (χ3v) is 4.04. The Labute approximate surface area is 156 Å². The standard InChI is InChI=1S/C16H10Cl2N4O4/c17-9-5-10-15(11(18)6-9)19-8-21(16(10)24)7-14(23)20-12-3-1-2-4-13(12)22(25)26/h1-6,8H,7H2,(H,20,23). The maximum absolute atomic E-state index is 12.5. The molecule has 26 heavy (non-hydrogen) atoms. The predicted octanol–water partition coefficient (Wildman–Crippen LogP) is 3.25. The first-order valence-corrected chi connectivity index (χ1v) is 8.00. The van der Waals surface area contributed by atoms with Crippen molar-refractivity contribution >= 4 is 51.4 Å². The molecule has 0 fully saturated rings. The number of carbonyl (C=O) groups excluding carboxylic acids is 1. The van der Waals surface area contributed by atoms with E-state index < -0.39 is 16.4 Å². The zero-order chi connectivity index (χ0) is 18.8. The van der Waals surface area contributed by atoms with Crippen LogP contribution >= 0.6 is 23.2 Å². The van der Waals surface area contributed by atoms with E-state index in [9.17, 15) is 19.7 Å². The van der Waals surface area contributed by atoms with Gasteiger partial charge in [-0.2, -0.15) is 0 Å². The summed E-state index contributed by atoms with van der Waals surface area (Å²) in [7, 11) is 0. The lowest BCUT2D eigenvalue weighted by Gasteiger charge is -2.09. The molecule has 0 spiro atoms. The highest BCUT2D eigenvalue weighted by atomic mass is 35.5. The lowest BCUT2D eigenvalue weighted by molar-refractivity contribution is -0.383. The summed E-state index contributed by atoms with van der Waals surface area (Å²) in [4.78, 5) is 39.2. The van der Waals surface area contributed by atoms with Gasteiger partial charge in [-0.1, -0.05) is 35.3 Å². The van der Waals surface area contributed by atoms with Crippen molar-refractivity contribution in [2.45, 2.75) is 6.54 Å². The van der Waals surface area contributed by atoms with Crippen LogP contribution in [0.2, 0.25) is 10.0 Å². The van der Waals surface area contributed by atoms with Gasteiger partial charge in [-0.15, -0.1) is 0 Å². The summed E-state index contributed by atoms with van der Waals surface area (Å²) in [5, 5.41) is 14.1. The molecule has 8 nitrogen and oxygen atoms in total. The van der Waals surface area contributed by atoms with Crippen molar-refractivity contribution in [3.8, 4) is 0 Å². The topological polar surface area (TPSA) is 107 Å². The Balaban J connectivity index is 1.90. The molecule has 0 bridgehead atoms. The third kappa shape index (κ3) is 3.51. The van der Waals surface area contributed by atoms with E-state index in [0.717, 1.165) is 4.57 Å². The number of hydrogen-bond acceptors (Lipinski definition) is 5. The lowest BCUT2D eigenvalue weighted by Crippen LogP contribution is -2.28. The SMILES string of the molecule is O=C(Cn1cnc2c(Cl)cc(Cl)cc2c1=O)Nc1ccccc1[N+](=O)[O-]. The van der Waals surface area contributed by atoms with Crippen molar-refractivity contribution in [2.24, 2.45) is 0 Å². The number of amides is 1. The molecule has 0 saturated heterocycles. The minimum absolute atomic E-state index is 0.0374. The fourth-order valence-corrected chi connectivity index (χ4v) is 2.93. The summed E-state index contributed by atoms with van der Waals surface area (Å²) in [6.07, 6.45) is 1.18. The van der Waals surface area contributed by atoms with Crippen molar-refractivity contribution in [1.29, 1.82) is 0 Å². The molecule has 0 atom stereocenters. The molecule has 0 radical (unpaired) electrons. The number of nitrogens with zero attached hydrogens (tertiary/aromatic N) is 3. The molecule has 0 aliphatic heterocycles. The summed E-state index contributed by atoms with van der Waals surface area (Å²) in [5.41, 5.74) is -0.438. The molecule has 1 N–H and O–H groups in total. The number of carbonyl (C=O) groups is 1. The average molecular weight is 393 g/mol. The normalized spacial score (nSPS) is 10.7. The zero-order valence-electron chi connectivity index (χ0n) is 13.0. The van der Waals surface area contributed by atoms with Crippen LogP contribution < -0.4 is 10.9 Å². The molecule has 3 aromatic rings. The molecular formula is C16H10Cl2N4O4. The Bertz CT molecular complexity index is 1100. The minimum atomic E-state index is -0.615. The van der Waals surface area contributed by atoms with E-state index in [-0.39, 0.29) is 38.9 Å². The van der Waals surface area contributed by atoms with Crippen LogP contribution in [-0.4, -0.2) is 20.4 Å². The summed E-state index contributed by atoms with van der Waals surface area (Å²) >= 11 is 11.9. The molecule has 1 aromatic heterocycles. The highest BCUT2D eigenvalue weighted by molar-refractivity contribution is 6.38. The molecule has 0 unspecified atom stereocenters. The van der Waals surface area contributed by atoms with E-state index in [4.69, 9.17) is 23.2 Å². The van der Waals surface area contributed by atoms with Gasteiger partial charge in [0.2, 0.25) is 5.91 Å². The van der Waals surface area contributed by atoms with Gasteiger partial charge in [0.15, 0.2) is 0 Å². The predicted molar refractivity (Wildman–Crippen MR) is 97.7 cm³/mol. The number of halogens is 2. The number of fused-ring (bicyclic) bond motifs is 1. The van der Waals surface area contributed by atoms with Gasteiger partial charge in [0.25, 0.3) is 11.2 Å². The number of rotatable bonds is 4. The molecular weight excluding hydrogens is 383 g/mol. The second kappa shape index (κ2) is 7.11. The van der Waals surface area contributed by atoms with Gasteiger partial charge < -0.3 is 5.32 Å². The summed E-state index contributed by atoms with van der Waals surface area (Å²) < 4.78 is 1.07. The van der Waals surface area contributed by atoms with E-state index in [0.29, 0.717) is 0 Å². The van der Waals surface area contributed by atoms with E-state index in [2.05, 4.69) is 10.3 Å². The molecule has 0 aliphatic rings. The quantitative estimate of drug-likeness (QED) is 0.541.